The maximum absolute atomic E-state index is 10.7. The van der Waals surface area contributed by atoms with Crippen LogP contribution in [0.25, 0.3) is 0 Å². The number of carbonyl (C=O) groups is 1. The van der Waals surface area contributed by atoms with Crippen LogP contribution in [-0.2, 0) is 0 Å². The number of aromatic nitrogens is 1. The molecule has 0 atom stereocenters. The third-order valence-corrected chi connectivity index (χ3v) is 2.13. The van der Waals surface area contributed by atoms with Crippen molar-refractivity contribution in [2.24, 2.45) is 0 Å². The zero-order valence-corrected chi connectivity index (χ0v) is 8.61. The highest BCUT2D eigenvalue weighted by atomic mass is 79.9. The lowest BCUT2D eigenvalue weighted by molar-refractivity contribution is 0.108. The van der Waals surface area contributed by atoms with Crippen LogP contribution in [0.4, 0.5) is 5.82 Å². The monoisotopic (exact) mass is 248 g/mol. The summed E-state index contributed by atoms with van der Waals surface area (Å²) in [5.41, 5.74) is 0.377. The molecular weight excluding hydrogens is 243 g/mol. The molecule has 0 saturated heterocycles. The van der Waals surface area contributed by atoms with Crippen LogP contribution in [0.2, 0.25) is 0 Å². The molecule has 0 aromatic carbocycles. The fourth-order valence-electron chi connectivity index (χ4n) is 0.729. The molecule has 0 radical (unpaired) electrons. The van der Waals surface area contributed by atoms with Crippen molar-refractivity contribution in [3.05, 3.63) is 22.3 Å². The third kappa shape index (κ3) is 1.95. The van der Waals surface area contributed by atoms with Gasteiger partial charge in [-0.1, -0.05) is 0 Å². The summed E-state index contributed by atoms with van der Waals surface area (Å²) in [7, 11) is 1.75. The highest BCUT2D eigenvalue weighted by Gasteiger charge is 2.05. The van der Waals surface area contributed by atoms with E-state index in [1.807, 2.05) is 0 Å². The van der Waals surface area contributed by atoms with Crippen LogP contribution in [0.3, 0.4) is 0 Å². The summed E-state index contributed by atoms with van der Waals surface area (Å²) < 4.78 is 0.719. The first kappa shape index (κ1) is 9.48. The molecular formula is C7H6BrClN2O. The topological polar surface area (TPSA) is 42.0 Å². The van der Waals surface area contributed by atoms with Crippen molar-refractivity contribution in [3.63, 3.8) is 0 Å². The van der Waals surface area contributed by atoms with Gasteiger partial charge in [0, 0.05) is 13.2 Å². The fourth-order valence-corrected chi connectivity index (χ4v) is 1.38. The van der Waals surface area contributed by atoms with E-state index >= 15 is 0 Å². The van der Waals surface area contributed by atoms with Crippen molar-refractivity contribution >= 4 is 38.6 Å². The van der Waals surface area contributed by atoms with Crippen molar-refractivity contribution in [3.8, 4) is 0 Å². The lowest BCUT2D eigenvalue weighted by atomic mass is 10.3. The van der Waals surface area contributed by atoms with Gasteiger partial charge in [0.05, 0.1) is 10.0 Å². The second-order valence-electron chi connectivity index (χ2n) is 2.08. The van der Waals surface area contributed by atoms with Crippen molar-refractivity contribution in [2.45, 2.75) is 0 Å². The Morgan fingerprint density at radius 3 is 2.83 bits per heavy atom. The molecule has 0 amide bonds. The van der Waals surface area contributed by atoms with E-state index in [1.165, 1.54) is 6.20 Å². The first-order valence-corrected chi connectivity index (χ1v) is 4.35. The average Bonchev–Trinajstić information content (AvgIpc) is 2.04. The molecule has 5 heteroatoms. The number of rotatable bonds is 2. The third-order valence-electron chi connectivity index (χ3n) is 1.30. The van der Waals surface area contributed by atoms with Gasteiger partial charge in [0.2, 0.25) is 0 Å². The van der Waals surface area contributed by atoms with Crippen molar-refractivity contribution in [1.29, 1.82) is 0 Å². The molecule has 64 valence electrons. The van der Waals surface area contributed by atoms with Crippen LogP contribution in [0.1, 0.15) is 10.4 Å². The standard InChI is InChI=1S/C7H6BrClN2O/c1-10-7-5(8)2-4(3-11-7)6(9)12/h2-3H,1H3,(H,10,11). The molecule has 0 aliphatic rings. The second kappa shape index (κ2) is 3.87. The number of hydrogen-bond acceptors (Lipinski definition) is 3. The summed E-state index contributed by atoms with van der Waals surface area (Å²) in [4.78, 5) is 14.6. The van der Waals surface area contributed by atoms with Crippen LogP contribution >= 0.6 is 27.5 Å². The van der Waals surface area contributed by atoms with Gasteiger partial charge < -0.3 is 5.32 Å². The number of nitrogens with zero attached hydrogens (tertiary/aromatic N) is 1. The van der Waals surface area contributed by atoms with E-state index in [-0.39, 0.29) is 0 Å². The summed E-state index contributed by atoms with van der Waals surface area (Å²) >= 11 is 8.49. The van der Waals surface area contributed by atoms with Crippen molar-refractivity contribution in [1.82, 2.24) is 4.98 Å². The SMILES string of the molecule is CNc1ncc(C(=O)Cl)cc1Br. The highest BCUT2D eigenvalue weighted by Crippen LogP contribution is 2.20. The molecule has 3 nitrogen and oxygen atoms in total. The average molecular weight is 249 g/mol. The molecule has 0 bridgehead atoms. The Morgan fingerprint density at radius 2 is 2.42 bits per heavy atom. The molecule has 12 heavy (non-hydrogen) atoms. The van der Waals surface area contributed by atoms with Gasteiger partial charge in [-0.25, -0.2) is 4.98 Å². The molecule has 1 rings (SSSR count). The molecule has 0 aliphatic heterocycles. The zero-order chi connectivity index (χ0) is 9.14. The Bertz CT molecular complexity index is 316. The van der Waals surface area contributed by atoms with Crippen LogP contribution < -0.4 is 5.32 Å². The van der Waals surface area contributed by atoms with E-state index in [2.05, 4.69) is 26.2 Å². The quantitative estimate of drug-likeness (QED) is 0.818. The Morgan fingerprint density at radius 1 is 1.75 bits per heavy atom. The van der Waals surface area contributed by atoms with Crippen LogP contribution in [-0.4, -0.2) is 17.3 Å². The summed E-state index contributed by atoms with van der Waals surface area (Å²) in [6, 6.07) is 1.62. The Kier molecular flexibility index (Phi) is 3.05. The van der Waals surface area contributed by atoms with Crippen LogP contribution in [0, 0.1) is 0 Å². The molecule has 0 spiro atoms. The first-order valence-electron chi connectivity index (χ1n) is 3.18. The van der Waals surface area contributed by atoms with Gasteiger partial charge in [0.15, 0.2) is 0 Å². The summed E-state index contributed by atoms with van der Waals surface area (Å²) in [6.07, 6.45) is 1.42. The summed E-state index contributed by atoms with van der Waals surface area (Å²) in [5, 5.41) is 2.34. The molecule has 0 unspecified atom stereocenters. The first-order chi connectivity index (χ1) is 5.65. The van der Waals surface area contributed by atoms with Gasteiger partial charge >= 0.3 is 0 Å². The minimum atomic E-state index is -0.508. The van der Waals surface area contributed by atoms with E-state index in [9.17, 15) is 4.79 Å². The lowest BCUT2D eigenvalue weighted by Crippen LogP contribution is -1.96. The van der Waals surface area contributed by atoms with Crippen LogP contribution in [0.5, 0.6) is 0 Å². The second-order valence-corrected chi connectivity index (χ2v) is 3.28. The van der Waals surface area contributed by atoms with Crippen LogP contribution in [0.15, 0.2) is 16.7 Å². The van der Waals surface area contributed by atoms with E-state index in [1.54, 1.807) is 13.1 Å². The minimum absolute atomic E-state index is 0.377. The van der Waals surface area contributed by atoms with Gasteiger partial charge in [-0.2, -0.15) is 0 Å². The highest BCUT2D eigenvalue weighted by molar-refractivity contribution is 9.10. The molecule has 0 fully saturated rings. The predicted octanol–water partition coefficient (Wildman–Crippen LogP) is 2.26. The van der Waals surface area contributed by atoms with Gasteiger partial charge in [-0.3, -0.25) is 4.79 Å². The Labute approximate surface area is 83.3 Å². The number of carbonyl (C=O) groups excluding carboxylic acids is 1. The van der Waals surface area contributed by atoms with E-state index < -0.39 is 5.24 Å². The lowest BCUT2D eigenvalue weighted by Gasteiger charge is -2.01. The minimum Gasteiger partial charge on any atom is -0.372 e. The van der Waals surface area contributed by atoms with Gasteiger partial charge in [0.25, 0.3) is 5.24 Å². The summed E-state index contributed by atoms with van der Waals surface area (Å²) in [5.74, 6) is 0.677. The van der Waals surface area contributed by atoms with Crippen molar-refractivity contribution < 1.29 is 4.79 Å². The van der Waals surface area contributed by atoms with Gasteiger partial charge in [0.1, 0.15) is 5.82 Å². The predicted molar refractivity (Wildman–Crippen MR) is 51.7 cm³/mol. The van der Waals surface area contributed by atoms with Crippen molar-refractivity contribution in [2.75, 3.05) is 12.4 Å². The number of anilines is 1. The Hall–Kier alpha value is -0.610. The fraction of sp³-hybridized carbons (Fsp3) is 0.143. The van der Waals surface area contributed by atoms with Gasteiger partial charge in [-0.05, 0) is 33.6 Å². The molecule has 1 heterocycles. The molecule has 0 saturated carbocycles. The normalized spacial score (nSPS) is 9.58. The van der Waals surface area contributed by atoms with E-state index in [0.717, 1.165) is 4.47 Å². The van der Waals surface area contributed by atoms with E-state index in [4.69, 9.17) is 11.6 Å². The number of hydrogen-bond donors (Lipinski definition) is 1. The number of halogens is 2. The van der Waals surface area contributed by atoms with Gasteiger partial charge in [-0.15, -0.1) is 0 Å². The smallest absolute Gasteiger partial charge is 0.253 e. The molecule has 1 aromatic rings. The molecule has 1 aromatic heterocycles. The molecule has 0 aliphatic carbocycles. The largest absolute Gasteiger partial charge is 0.372 e. The maximum atomic E-state index is 10.7. The Balaban J connectivity index is 3.10. The van der Waals surface area contributed by atoms with E-state index in [0.29, 0.717) is 11.4 Å². The molecule has 1 N–H and O–H groups in total. The maximum Gasteiger partial charge on any atom is 0.253 e. The zero-order valence-electron chi connectivity index (χ0n) is 6.27. The summed E-state index contributed by atoms with van der Waals surface area (Å²) in [6.45, 7) is 0. The number of pyridine rings is 1. The number of nitrogens with one attached hydrogen (secondary N) is 1.